The minimum absolute atomic E-state index is 0.522. The van der Waals surface area contributed by atoms with Gasteiger partial charge in [-0.25, -0.2) is 4.98 Å². The highest BCUT2D eigenvalue weighted by Crippen LogP contribution is 2.27. The van der Waals surface area contributed by atoms with Gasteiger partial charge in [-0.05, 0) is 24.0 Å². The Morgan fingerprint density at radius 2 is 2.18 bits per heavy atom. The summed E-state index contributed by atoms with van der Waals surface area (Å²) in [5.74, 6) is 1.48. The summed E-state index contributed by atoms with van der Waals surface area (Å²) in [6.45, 7) is 7.30. The molecule has 2 rings (SSSR count). The zero-order chi connectivity index (χ0) is 12.3. The van der Waals surface area contributed by atoms with Crippen LogP contribution in [0.5, 0.6) is 0 Å². The molecule has 0 spiro atoms. The summed E-state index contributed by atoms with van der Waals surface area (Å²) in [4.78, 5) is 7.32. The van der Waals surface area contributed by atoms with E-state index in [1.807, 2.05) is 6.20 Å². The van der Waals surface area contributed by atoms with Crippen LogP contribution >= 0.6 is 0 Å². The fourth-order valence-electron chi connectivity index (χ4n) is 1.98. The molecule has 0 aliphatic heterocycles. The van der Waals surface area contributed by atoms with Gasteiger partial charge in [-0.3, -0.25) is 0 Å². The van der Waals surface area contributed by atoms with E-state index in [0.717, 1.165) is 12.4 Å². The zero-order valence-electron chi connectivity index (χ0n) is 10.6. The Kier molecular flexibility index (Phi) is 3.47. The van der Waals surface area contributed by atoms with Gasteiger partial charge in [-0.15, -0.1) is 0 Å². The molecule has 0 unspecified atom stereocenters. The van der Waals surface area contributed by atoms with Crippen LogP contribution in [0.2, 0.25) is 0 Å². The average Bonchev–Trinajstić information content (AvgIpc) is 2.80. The van der Waals surface area contributed by atoms with Crippen LogP contribution < -0.4 is 5.32 Å². The molecule has 0 saturated heterocycles. The molecule has 0 atom stereocenters. The fourth-order valence-corrected chi connectivity index (χ4v) is 1.98. The van der Waals surface area contributed by atoms with Crippen LogP contribution in [0.25, 0.3) is 0 Å². The number of H-pyrrole nitrogens is 1. The van der Waals surface area contributed by atoms with Gasteiger partial charge in [0.15, 0.2) is 0 Å². The molecular formula is C14H19N3. The number of nitrogens with one attached hydrogen (secondary N) is 2. The van der Waals surface area contributed by atoms with Crippen molar-refractivity contribution in [1.82, 2.24) is 9.97 Å². The second-order valence-electron chi connectivity index (χ2n) is 4.58. The van der Waals surface area contributed by atoms with Crippen LogP contribution in [0.4, 0.5) is 5.69 Å². The number of nitrogens with zero attached hydrogens (tertiary/aromatic N) is 1. The molecule has 1 heterocycles. The maximum absolute atomic E-state index is 4.22. The van der Waals surface area contributed by atoms with E-state index in [9.17, 15) is 0 Å². The normalized spacial score (nSPS) is 10.8. The lowest BCUT2D eigenvalue weighted by Gasteiger charge is -2.16. The van der Waals surface area contributed by atoms with Crippen LogP contribution in [-0.4, -0.2) is 9.97 Å². The van der Waals surface area contributed by atoms with Gasteiger partial charge in [0.1, 0.15) is 5.82 Å². The number of hydrogen-bond donors (Lipinski definition) is 2. The van der Waals surface area contributed by atoms with Crippen LogP contribution in [0.3, 0.4) is 0 Å². The Bertz CT molecular complexity index is 472. The Morgan fingerprint density at radius 3 is 2.82 bits per heavy atom. The SMILES string of the molecule is Cc1cccc(C(C)C)c1NCc1ncc[nH]1. The first-order valence-corrected chi connectivity index (χ1v) is 6.00. The maximum Gasteiger partial charge on any atom is 0.125 e. The average molecular weight is 229 g/mol. The highest BCUT2D eigenvalue weighted by Gasteiger charge is 2.08. The fraction of sp³-hybridized carbons (Fsp3) is 0.357. The number of aromatic nitrogens is 2. The van der Waals surface area contributed by atoms with E-state index in [2.05, 4.69) is 54.3 Å². The predicted octanol–water partition coefficient (Wildman–Crippen LogP) is 3.45. The molecule has 1 aromatic heterocycles. The molecule has 2 aromatic rings. The van der Waals surface area contributed by atoms with E-state index >= 15 is 0 Å². The summed E-state index contributed by atoms with van der Waals surface area (Å²) < 4.78 is 0. The number of para-hydroxylation sites is 1. The summed E-state index contributed by atoms with van der Waals surface area (Å²) in [6, 6.07) is 6.43. The first-order valence-electron chi connectivity index (χ1n) is 6.00. The number of hydrogen-bond acceptors (Lipinski definition) is 2. The number of imidazole rings is 1. The van der Waals surface area contributed by atoms with E-state index in [4.69, 9.17) is 0 Å². The monoisotopic (exact) mass is 229 g/mol. The molecule has 0 aliphatic carbocycles. The van der Waals surface area contributed by atoms with E-state index in [1.54, 1.807) is 6.20 Å². The predicted molar refractivity (Wildman–Crippen MR) is 71.2 cm³/mol. The molecular weight excluding hydrogens is 210 g/mol. The molecule has 0 aliphatic rings. The first kappa shape index (κ1) is 11.7. The van der Waals surface area contributed by atoms with Crippen molar-refractivity contribution < 1.29 is 0 Å². The molecule has 3 nitrogen and oxygen atoms in total. The quantitative estimate of drug-likeness (QED) is 0.843. The van der Waals surface area contributed by atoms with Gasteiger partial charge in [-0.2, -0.15) is 0 Å². The molecule has 0 saturated carbocycles. The van der Waals surface area contributed by atoms with E-state index in [1.165, 1.54) is 16.8 Å². The summed E-state index contributed by atoms with van der Waals surface area (Å²) >= 11 is 0. The van der Waals surface area contributed by atoms with E-state index < -0.39 is 0 Å². The van der Waals surface area contributed by atoms with Crippen molar-refractivity contribution >= 4 is 5.69 Å². The molecule has 90 valence electrons. The Labute approximate surface area is 102 Å². The molecule has 17 heavy (non-hydrogen) atoms. The first-order chi connectivity index (χ1) is 8.18. The molecule has 0 radical (unpaired) electrons. The summed E-state index contributed by atoms with van der Waals surface area (Å²) in [7, 11) is 0. The van der Waals surface area contributed by atoms with E-state index in [0.29, 0.717) is 5.92 Å². The van der Waals surface area contributed by atoms with Gasteiger partial charge in [-0.1, -0.05) is 32.0 Å². The minimum Gasteiger partial charge on any atom is -0.377 e. The zero-order valence-corrected chi connectivity index (χ0v) is 10.6. The molecule has 0 bridgehead atoms. The standard InChI is InChI=1S/C14H19N3/c1-10(2)12-6-4-5-11(3)14(12)17-9-13-15-7-8-16-13/h4-8,10,17H,9H2,1-3H3,(H,15,16). The summed E-state index contributed by atoms with van der Waals surface area (Å²) in [5.41, 5.74) is 3.87. The molecule has 2 N–H and O–H groups in total. The van der Waals surface area contributed by atoms with Crippen molar-refractivity contribution in [1.29, 1.82) is 0 Å². The Hall–Kier alpha value is -1.77. The van der Waals surface area contributed by atoms with Crippen molar-refractivity contribution in [3.63, 3.8) is 0 Å². The van der Waals surface area contributed by atoms with Crippen LogP contribution in [0.1, 0.15) is 36.7 Å². The Morgan fingerprint density at radius 1 is 1.35 bits per heavy atom. The van der Waals surface area contributed by atoms with Crippen molar-refractivity contribution in [2.45, 2.75) is 33.2 Å². The van der Waals surface area contributed by atoms with Crippen molar-refractivity contribution in [3.8, 4) is 0 Å². The number of aromatic amines is 1. The van der Waals surface area contributed by atoms with Crippen molar-refractivity contribution in [2.75, 3.05) is 5.32 Å². The summed E-state index contributed by atoms with van der Waals surface area (Å²) in [5, 5.41) is 3.47. The molecule has 3 heteroatoms. The molecule has 0 amide bonds. The highest BCUT2D eigenvalue weighted by molar-refractivity contribution is 5.58. The van der Waals surface area contributed by atoms with Gasteiger partial charge in [0.25, 0.3) is 0 Å². The lowest BCUT2D eigenvalue weighted by Crippen LogP contribution is -2.06. The van der Waals surface area contributed by atoms with Gasteiger partial charge in [0.2, 0.25) is 0 Å². The second-order valence-corrected chi connectivity index (χ2v) is 4.58. The van der Waals surface area contributed by atoms with Crippen molar-refractivity contribution in [2.24, 2.45) is 0 Å². The van der Waals surface area contributed by atoms with Gasteiger partial charge < -0.3 is 10.3 Å². The van der Waals surface area contributed by atoms with E-state index in [-0.39, 0.29) is 0 Å². The largest absolute Gasteiger partial charge is 0.377 e. The molecule has 1 aromatic carbocycles. The third-order valence-electron chi connectivity index (χ3n) is 2.91. The van der Waals surface area contributed by atoms with Crippen LogP contribution in [-0.2, 0) is 6.54 Å². The third kappa shape index (κ3) is 2.67. The third-order valence-corrected chi connectivity index (χ3v) is 2.91. The van der Waals surface area contributed by atoms with Crippen molar-refractivity contribution in [3.05, 3.63) is 47.5 Å². The summed E-state index contributed by atoms with van der Waals surface area (Å²) in [6.07, 6.45) is 3.62. The number of anilines is 1. The van der Waals surface area contributed by atoms with Gasteiger partial charge >= 0.3 is 0 Å². The lowest BCUT2D eigenvalue weighted by molar-refractivity contribution is 0.861. The minimum atomic E-state index is 0.522. The lowest BCUT2D eigenvalue weighted by atomic mass is 9.98. The number of aryl methyl sites for hydroxylation is 1. The maximum atomic E-state index is 4.22. The molecule has 0 fully saturated rings. The van der Waals surface area contributed by atoms with Gasteiger partial charge in [0, 0.05) is 18.1 Å². The van der Waals surface area contributed by atoms with Crippen LogP contribution in [0, 0.1) is 6.92 Å². The Balaban J connectivity index is 2.19. The second kappa shape index (κ2) is 5.04. The topological polar surface area (TPSA) is 40.7 Å². The number of benzene rings is 1. The van der Waals surface area contributed by atoms with Gasteiger partial charge in [0.05, 0.1) is 6.54 Å². The highest BCUT2D eigenvalue weighted by atomic mass is 15.0. The smallest absolute Gasteiger partial charge is 0.125 e. The van der Waals surface area contributed by atoms with Crippen LogP contribution in [0.15, 0.2) is 30.6 Å². The number of rotatable bonds is 4.